The average molecular weight is 260 g/mol. The molecule has 0 aromatic carbocycles. The van der Waals surface area contributed by atoms with Gasteiger partial charge in [0.2, 0.25) is 0 Å². The van der Waals surface area contributed by atoms with Crippen molar-refractivity contribution in [2.75, 3.05) is 7.11 Å². The minimum Gasteiger partial charge on any atom is -0.504 e. The van der Waals surface area contributed by atoms with Gasteiger partial charge in [-0.25, -0.2) is 19.3 Å². The highest BCUT2D eigenvalue weighted by Crippen LogP contribution is 2.22. The van der Waals surface area contributed by atoms with E-state index in [4.69, 9.17) is 4.74 Å². The minimum atomic E-state index is -0.712. The van der Waals surface area contributed by atoms with Crippen molar-refractivity contribution in [3.8, 4) is 23.0 Å². The van der Waals surface area contributed by atoms with E-state index in [1.165, 1.54) is 17.7 Å². The van der Waals surface area contributed by atoms with E-state index in [2.05, 4.69) is 15.0 Å². The Morgan fingerprint density at radius 2 is 2.00 bits per heavy atom. The maximum Gasteiger partial charge on any atom is 0.316 e. The first-order chi connectivity index (χ1) is 9.17. The number of pyridine rings is 1. The molecule has 0 saturated heterocycles. The number of ether oxygens (including phenoxy) is 1. The summed E-state index contributed by atoms with van der Waals surface area (Å²) in [5.74, 6) is -1.14. The average Bonchev–Trinajstić information content (AvgIpc) is 2.82. The first-order valence-electron chi connectivity index (χ1n) is 5.41. The highest BCUT2D eigenvalue weighted by atomic mass is 19.1. The Bertz CT molecular complexity index is 700. The summed E-state index contributed by atoms with van der Waals surface area (Å²) in [6.45, 7) is 0. The summed E-state index contributed by atoms with van der Waals surface area (Å²) in [4.78, 5) is 12.2. The third kappa shape index (κ3) is 1.95. The van der Waals surface area contributed by atoms with Crippen LogP contribution in [-0.2, 0) is 0 Å². The van der Waals surface area contributed by atoms with Crippen LogP contribution < -0.4 is 4.74 Å². The molecule has 6 nitrogen and oxygen atoms in total. The lowest BCUT2D eigenvalue weighted by atomic mass is 10.3. The van der Waals surface area contributed by atoms with Crippen LogP contribution in [0.2, 0.25) is 0 Å². The number of fused-ring (bicyclic) bond motifs is 1. The lowest BCUT2D eigenvalue weighted by Gasteiger charge is -1.97. The zero-order valence-corrected chi connectivity index (χ0v) is 9.91. The number of rotatable bonds is 2. The maximum absolute atomic E-state index is 13.2. The van der Waals surface area contributed by atoms with Crippen LogP contribution in [0.5, 0.6) is 11.8 Å². The van der Waals surface area contributed by atoms with Gasteiger partial charge in [0, 0.05) is 30.2 Å². The molecule has 3 aromatic heterocycles. The minimum absolute atomic E-state index is 0.260. The number of halogens is 1. The fraction of sp³-hybridized carbons (Fsp3) is 0.0833. The quantitative estimate of drug-likeness (QED) is 0.758. The van der Waals surface area contributed by atoms with E-state index in [1.807, 2.05) is 0 Å². The second kappa shape index (κ2) is 4.20. The van der Waals surface area contributed by atoms with Gasteiger partial charge in [-0.2, -0.15) is 0 Å². The predicted octanol–water partition coefficient (Wildman–Crippen LogP) is 1.64. The number of nitrogens with zero attached hydrogens (tertiary/aromatic N) is 4. The Kier molecular flexibility index (Phi) is 2.52. The van der Waals surface area contributed by atoms with Gasteiger partial charge in [0.25, 0.3) is 0 Å². The number of methoxy groups -OCH3 is 1. The smallest absolute Gasteiger partial charge is 0.316 e. The van der Waals surface area contributed by atoms with E-state index >= 15 is 0 Å². The van der Waals surface area contributed by atoms with E-state index < -0.39 is 11.6 Å². The molecule has 0 unspecified atom stereocenters. The summed E-state index contributed by atoms with van der Waals surface area (Å²) in [5.41, 5.74) is 1.64. The molecule has 0 amide bonds. The van der Waals surface area contributed by atoms with Crippen LogP contribution in [0.4, 0.5) is 4.39 Å². The molecule has 0 aliphatic rings. The van der Waals surface area contributed by atoms with E-state index in [0.717, 1.165) is 6.07 Å². The molecule has 3 rings (SSSR count). The van der Waals surface area contributed by atoms with Gasteiger partial charge in [0.05, 0.1) is 19.0 Å². The summed E-state index contributed by atoms with van der Waals surface area (Å²) in [5, 5.41) is 9.30. The van der Waals surface area contributed by atoms with Crippen molar-refractivity contribution in [2.45, 2.75) is 0 Å². The van der Waals surface area contributed by atoms with E-state index in [1.54, 1.807) is 18.6 Å². The van der Waals surface area contributed by atoms with E-state index in [0.29, 0.717) is 16.9 Å². The maximum atomic E-state index is 13.2. The Balaban J connectivity index is 2.09. The van der Waals surface area contributed by atoms with Gasteiger partial charge in [-0.05, 0) is 0 Å². The Hall–Kier alpha value is -2.70. The Labute approximate surface area is 107 Å². The molecule has 0 bridgehead atoms. The molecule has 0 aliphatic heterocycles. The molecule has 1 N–H and O–H groups in total. The lowest BCUT2D eigenvalue weighted by molar-refractivity contribution is 0.380. The van der Waals surface area contributed by atoms with Crippen LogP contribution in [-0.4, -0.2) is 31.6 Å². The third-order valence-electron chi connectivity index (χ3n) is 2.63. The normalized spacial score (nSPS) is 10.8. The molecule has 0 aliphatic carbocycles. The molecule has 7 heteroatoms. The second-order valence-electron chi connectivity index (χ2n) is 3.86. The van der Waals surface area contributed by atoms with E-state index in [-0.39, 0.29) is 6.01 Å². The first kappa shape index (κ1) is 11.4. The van der Waals surface area contributed by atoms with Crippen LogP contribution in [0, 0.1) is 5.82 Å². The molecular weight excluding hydrogens is 251 g/mol. The first-order valence-corrected chi connectivity index (χ1v) is 5.41. The molecule has 0 atom stereocenters. The van der Waals surface area contributed by atoms with Crippen molar-refractivity contribution in [2.24, 2.45) is 0 Å². The Morgan fingerprint density at radius 3 is 2.68 bits per heavy atom. The largest absolute Gasteiger partial charge is 0.504 e. The van der Waals surface area contributed by atoms with Crippen molar-refractivity contribution in [3.05, 3.63) is 36.7 Å². The Morgan fingerprint density at radius 1 is 1.26 bits per heavy atom. The van der Waals surface area contributed by atoms with Crippen molar-refractivity contribution in [3.63, 3.8) is 0 Å². The van der Waals surface area contributed by atoms with Crippen LogP contribution in [0.25, 0.3) is 16.9 Å². The monoisotopic (exact) mass is 260 g/mol. The number of hydrogen-bond acceptors (Lipinski definition) is 5. The second-order valence-corrected chi connectivity index (χ2v) is 3.86. The highest BCUT2D eigenvalue weighted by molar-refractivity contribution is 5.61. The molecule has 0 radical (unpaired) electrons. The fourth-order valence-electron chi connectivity index (χ4n) is 1.69. The van der Waals surface area contributed by atoms with Crippen molar-refractivity contribution < 1.29 is 14.2 Å². The number of aromatic nitrogens is 4. The van der Waals surface area contributed by atoms with Gasteiger partial charge in [0.15, 0.2) is 11.6 Å². The van der Waals surface area contributed by atoms with Crippen molar-refractivity contribution in [1.29, 1.82) is 0 Å². The lowest BCUT2D eigenvalue weighted by Crippen LogP contribution is -1.91. The molecule has 0 saturated carbocycles. The molecular formula is C12H9FN4O2. The van der Waals surface area contributed by atoms with Crippen LogP contribution in [0.15, 0.2) is 30.9 Å². The summed E-state index contributed by atoms with van der Waals surface area (Å²) in [6, 6.07) is 1.42. The van der Waals surface area contributed by atoms with Gasteiger partial charge >= 0.3 is 6.01 Å². The summed E-state index contributed by atoms with van der Waals surface area (Å²) >= 11 is 0. The number of aromatic hydroxyl groups is 1. The molecule has 0 spiro atoms. The van der Waals surface area contributed by atoms with Gasteiger partial charge in [-0.15, -0.1) is 0 Å². The molecule has 3 aromatic rings. The molecule has 96 valence electrons. The van der Waals surface area contributed by atoms with Crippen LogP contribution in [0.1, 0.15) is 0 Å². The molecule has 3 heterocycles. The standard InChI is InChI=1S/C12H9FN4O2/c1-19-12-14-3-7(4-15-12)9-5-17-6-10(18)8(13)2-11(17)16-9/h2-6,18H,1H3. The summed E-state index contributed by atoms with van der Waals surface area (Å²) < 4.78 is 19.6. The van der Waals surface area contributed by atoms with Gasteiger partial charge < -0.3 is 14.2 Å². The zero-order valence-electron chi connectivity index (χ0n) is 9.91. The van der Waals surface area contributed by atoms with Gasteiger partial charge in [-0.3, -0.25) is 0 Å². The zero-order chi connectivity index (χ0) is 13.4. The number of hydrogen-bond donors (Lipinski definition) is 1. The van der Waals surface area contributed by atoms with Gasteiger partial charge in [-0.1, -0.05) is 0 Å². The fourth-order valence-corrected chi connectivity index (χ4v) is 1.69. The van der Waals surface area contributed by atoms with Crippen molar-refractivity contribution in [1.82, 2.24) is 19.4 Å². The molecule has 19 heavy (non-hydrogen) atoms. The summed E-state index contributed by atoms with van der Waals surface area (Å²) in [6.07, 6.45) is 6.03. The molecule has 0 fully saturated rings. The topological polar surface area (TPSA) is 72.5 Å². The van der Waals surface area contributed by atoms with Crippen LogP contribution in [0.3, 0.4) is 0 Å². The third-order valence-corrected chi connectivity index (χ3v) is 2.63. The summed E-state index contributed by atoms with van der Waals surface area (Å²) in [7, 11) is 1.48. The van der Waals surface area contributed by atoms with Gasteiger partial charge in [0.1, 0.15) is 5.65 Å². The predicted molar refractivity (Wildman–Crippen MR) is 64.4 cm³/mol. The number of imidazole rings is 1. The van der Waals surface area contributed by atoms with Crippen molar-refractivity contribution >= 4 is 5.65 Å². The SMILES string of the molecule is COc1ncc(-c2cn3cc(O)c(F)cc3n2)cn1. The van der Waals surface area contributed by atoms with E-state index in [9.17, 15) is 9.50 Å². The van der Waals surface area contributed by atoms with Crippen LogP contribution >= 0.6 is 0 Å². The highest BCUT2D eigenvalue weighted by Gasteiger charge is 2.09.